The smallest absolute Gasteiger partial charge is 0.408 e. The second-order valence-electron chi connectivity index (χ2n) is 9.10. The van der Waals surface area contributed by atoms with E-state index >= 15 is 0 Å². The molecule has 0 unspecified atom stereocenters. The molecule has 0 aliphatic carbocycles. The van der Waals surface area contributed by atoms with Gasteiger partial charge in [0, 0.05) is 24.7 Å². The van der Waals surface area contributed by atoms with Gasteiger partial charge in [-0.25, -0.2) is 9.78 Å². The van der Waals surface area contributed by atoms with Gasteiger partial charge < -0.3 is 26.0 Å². The topological polar surface area (TPSA) is 127 Å². The normalized spacial score (nSPS) is 16.1. The van der Waals surface area contributed by atoms with Crippen LogP contribution in [-0.4, -0.2) is 46.5 Å². The number of ether oxygens (including phenoxy) is 1. The third-order valence-corrected chi connectivity index (χ3v) is 6.15. The monoisotopic (exact) mass is 489 g/mol. The lowest BCUT2D eigenvalue weighted by Gasteiger charge is -2.29. The SMILES string of the molecule is CC(C)OC(=O)N[C@@H](C(=O)N1CCC[C@H]1C(=O)NCc1ccc2c(N)nccc2c1)c1ccccc1. The molecule has 2 atom stereocenters. The van der Waals surface area contributed by atoms with Crippen LogP contribution in [0.25, 0.3) is 10.8 Å². The number of carbonyl (C=O) groups excluding carboxylic acids is 3. The lowest BCUT2D eigenvalue weighted by Crippen LogP contribution is -2.50. The molecule has 0 radical (unpaired) electrons. The third kappa shape index (κ3) is 5.73. The molecule has 3 aromatic rings. The Morgan fingerprint density at radius 3 is 2.67 bits per heavy atom. The number of hydrogen-bond donors (Lipinski definition) is 3. The number of amides is 3. The number of pyridine rings is 1. The van der Waals surface area contributed by atoms with E-state index in [0.717, 1.165) is 16.3 Å². The molecule has 9 heteroatoms. The number of nitrogens with one attached hydrogen (secondary N) is 2. The van der Waals surface area contributed by atoms with Crippen LogP contribution < -0.4 is 16.4 Å². The molecule has 1 saturated heterocycles. The van der Waals surface area contributed by atoms with Gasteiger partial charge in [0.15, 0.2) is 0 Å². The Kier molecular flexibility index (Phi) is 7.68. The van der Waals surface area contributed by atoms with E-state index in [4.69, 9.17) is 10.5 Å². The van der Waals surface area contributed by atoms with Gasteiger partial charge >= 0.3 is 6.09 Å². The van der Waals surface area contributed by atoms with Crippen molar-refractivity contribution in [3.05, 3.63) is 71.9 Å². The molecule has 9 nitrogen and oxygen atoms in total. The van der Waals surface area contributed by atoms with Crippen molar-refractivity contribution in [3.8, 4) is 0 Å². The fourth-order valence-electron chi connectivity index (χ4n) is 4.44. The van der Waals surface area contributed by atoms with Crippen LogP contribution >= 0.6 is 0 Å². The number of benzene rings is 2. The molecule has 1 aliphatic heterocycles. The Labute approximate surface area is 210 Å². The van der Waals surface area contributed by atoms with Crippen molar-refractivity contribution in [2.45, 2.75) is 51.4 Å². The van der Waals surface area contributed by atoms with Gasteiger partial charge in [-0.05, 0) is 55.3 Å². The summed E-state index contributed by atoms with van der Waals surface area (Å²) < 4.78 is 5.20. The van der Waals surface area contributed by atoms with Crippen molar-refractivity contribution in [2.24, 2.45) is 0 Å². The first kappa shape index (κ1) is 25.0. The summed E-state index contributed by atoms with van der Waals surface area (Å²) in [6, 6.07) is 15.0. The van der Waals surface area contributed by atoms with E-state index in [0.29, 0.717) is 37.3 Å². The Morgan fingerprint density at radius 2 is 1.92 bits per heavy atom. The molecule has 0 saturated carbocycles. The quantitative estimate of drug-likeness (QED) is 0.467. The average Bonchev–Trinajstić information content (AvgIpc) is 3.36. The van der Waals surface area contributed by atoms with Crippen molar-refractivity contribution in [2.75, 3.05) is 12.3 Å². The summed E-state index contributed by atoms with van der Waals surface area (Å²) in [6.45, 7) is 4.22. The second kappa shape index (κ2) is 11.1. The highest BCUT2D eigenvalue weighted by Gasteiger charge is 2.38. The highest BCUT2D eigenvalue weighted by Crippen LogP contribution is 2.25. The maximum absolute atomic E-state index is 13.6. The van der Waals surface area contributed by atoms with Gasteiger partial charge in [-0.1, -0.05) is 42.5 Å². The van der Waals surface area contributed by atoms with E-state index in [-0.39, 0.29) is 17.9 Å². The molecule has 0 spiro atoms. The Hall–Kier alpha value is -4.14. The van der Waals surface area contributed by atoms with Crippen LogP contribution in [0.15, 0.2) is 60.8 Å². The molecule has 1 aromatic heterocycles. The number of nitrogen functional groups attached to an aromatic ring is 1. The molecule has 1 fully saturated rings. The van der Waals surface area contributed by atoms with E-state index in [1.165, 1.54) is 0 Å². The number of hydrogen-bond acceptors (Lipinski definition) is 6. The maximum Gasteiger partial charge on any atom is 0.408 e. The van der Waals surface area contributed by atoms with Crippen LogP contribution in [0.2, 0.25) is 0 Å². The van der Waals surface area contributed by atoms with Crippen LogP contribution in [-0.2, 0) is 20.9 Å². The molecule has 2 heterocycles. The van der Waals surface area contributed by atoms with Gasteiger partial charge in [0.1, 0.15) is 17.9 Å². The van der Waals surface area contributed by atoms with Crippen molar-refractivity contribution in [1.82, 2.24) is 20.5 Å². The minimum Gasteiger partial charge on any atom is -0.447 e. The summed E-state index contributed by atoms with van der Waals surface area (Å²) in [5, 5.41) is 7.44. The number of fused-ring (bicyclic) bond motifs is 1. The molecule has 0 bridgehead atoms. The molecule has 1 aliphatic rings. The first-order chi connectivity index (χ1) is 17.3. The van der Waals surface area contributed by atoms with E-state index < -0.39 is 18.2 Å². The number of alkyl carbamates (subject to hydrolysis) is 1. The number of carbonyl (C=O) groups is 3. The van der Waals surface area contributed by atoms with Gasteiger partial charge in [0.2, 0.25) is 5.91 Å². The van der Waals surface area contributed by atoms with Crippen LogP contribution in [0.4, 0.5) is 10.6 Å². The Morgan fingerprint density at radius 1 is 1.14 bits per heavy atom. The zero-order valence-electron chi connectivity index (χ0n) is 20.4. The van der Waals surface area contributed by atoms with Gasteiger partial charge in [0.25, 0.3) is 5.91 Å². The predicted molar refractivity (Wildman–Crippen MR) is 137 cm³/mol. The number of likely N-dealkylation sites (tertiary alicyclic amines) is 1. The summed E-state index contributed by atoms with van der Waals surface area (Å²) in [7, 11) is 0. The fraction of sp³-hybridized carbons (Fsp3) is 0.333. The van der Waals surface area contributed by atoms with Crippen LogP contribution in [0.1, 0.15) is 43.9 Å². The summed E-state index contributed by atoms with van der Waals surface area (Å²) >= 11 is 0. The lowest BCUT2D eigenvalue weighted by molar-refractivity contribution is -0.140. The molecule has 36 heavy (non-hydrogen) atoms. The minimum absolute atomic E-state index is 0.230. The van der Waals surface area contributed by atoms with Crippen molar-refractivity contribution >= 4 is 34.5 Å². The number of nitrogens with two attached hydrogens (primary N) is 1. The zero-order chi connectivity index (χ0) is 25.7. The molecular formula is C27H31N5O4. The molecule has 3 amide bonds. The minimum atomic E-state index is -0.953. The van der Waals surface area contributed by atoms with Gasteiger partial charge in [-0.3, -0.25) is 9.59 Å². The summed E-state index contributed by atoms with van der Waals surface area (Å²) in [5.41, 5.74) is 7.46. The molecular weight excluding hydrogens is 458 g/mol. The Bertz CT molecular complexity index is 1250. The van der Waals surface area contributed by atoms with Crippen LogP contribution in [0.3, 0.4) is 0 Å². The largest absolute Gasteiger partial charge is 0.447 e. The Balaban J connectivity index is 1.46. The van der Waals surface area contributed by atoms with Gasteiger partial charge in [-0.2, -0.15) is 0 Å². The standard InChI is InChI=1S/C27H31N5O4/c1-17(2)36-27(35)31-23(19-7-4-3-5-8-19)26(34)32-14-6-9-22(32)25(33)30-16-18-10-11-21-20(15-18)12-13-29-24(21)28/h3-5,7-8,10-13,15,17,22-23H,6,9,14,16H2,1-2H3,(H2,28,29)(H,30,33)(H,31,35)/t22-,23+/m0/s1. The number of rotatable bonds is 7. The number of aromatic nitrogens is 1. The van der Waals surface area contributed by atoms with E-state index in [9.17, 15) is 14.4 Å². The molecule has 4 rings (SSSR count). The van der Waals surface area contributed by atoms with E-state index in [1.54, 1.807) is 49.2 Å². The zero-order valence-corrected chi connectivity index (χ0v) is 20.4. The van der Waals surface area contributed by atoms with E-state index in [2.05, 4.69) is 15.6 Å². The number of nitrogens with zero attached hydrogens (tertiary/aromatic N) is 2. The summed E-state index contributed by atoms with van der Waals surface area (Å²) in [4.78, 5) is 44.7. The lowest BCUT2D eigenvalue weighted by atomic mass is 10.0. The van der Waals surface area contributed by atoms with Gasteiger partial charge in [-0.15, -0.1) is 0 Å². The average molecular weight is 490 g/mol. The highest BCUT2D eigenvalue weighted by atomic mass is 16.6. The second-order valence-corrected chi connectivity index (χ2v) is 9.10. The maximum atomic E-state index is 13.6. The molecule has 188 valence electrons. The molecule has 2 aromatic carbocycles. The van der Waals surface area contributed by atoms with Gasteiger partial charge in [0.05, 0.1) is 6.10 Å². The van der Waals surface area contributed by atoms with E-state index in [1.807, 2.05) is 30.3 Å². The third-order valence-electron chi connectivity index (χ3n) is 6.15. The summed E-state index contributed by atoms with van der Waals surface area (Å²) in [6.07, 6.45) is 1.89. The number of anilines is 1. The van der Waals surface area contributed by atoms with Crippen LogP contribution in [0, 0.1) is 0 Å². The predicted octanol–water partition coefficient (Wildman–Crippen LogP) is 3.30. The first-order valence-electron chi connectivity index (χ1n) is 12.1. The van der Waals surface area contributed by atoms with Crippen LogP contribution in [0.5, 0.6) is 0 Å². The fourth-order valence-corrected chi connectivity index (χ4v) is 4.44. The van der Waals surface area contributed by atoms with Crippen molar-refractivity contribution < 1.29 is 19.1 Å². The summed E-state index contributed by atoms with van der Waals surface area (Å²) in [5.74, 6) is -0.109. The first-order valence-corrected chi connectivity index (χ1v) is 12.1. The van der Waals surface area contributed by atoms with Crippen molar-refractivity contribution in [3.63, 3.8) is 0 Å². The van der Waals surface area contributed by atoms with Crippen molar-refractivity contribution in [1.29, 1.82) is 0 Å². The highest BCUT2D eigenvalue weighted by molar-refractivity contribution is 5.93. The molecule has 4 N–H and O–H groups in total.